The molecular formula is C27H36O9. The molecule has 0 radical (unpaired) electrons. The van der Waals surface area contributed by atoms with Crippen LogP contribution in [-0.4, -0.2) is 66.9 Å². The largest absolute Gasteiger partial charge is 0.433 e. The summed E-state index contributed by atoms with van der Waals surface area (Å²) >= 11 is 0. The third-order valence-corrected chi connectivity index (χ3v) is 6.55. The number of aldehydes is 1. The Morgan fingerprint density at radius 2 is 1.72 bits per heavy atom. The van der Waals surface area contributed by atoms with Crippen LogP contribution in [0.5, 0.6) is 0 Å². The summed E-state index contributed by atoms with van der Waals surface area (Å²) in [5, 5.41) is 0. The van der Waals surface area contributed by atoms with E-state index in [9.17, 15) is 14.4 Å². The van der Waals surface area contributed by atoms with Gasteiger partial charge in [0.15, 0.2) is 17.7 Å². The van der Waals surface area contributed by atoms with Gasteiger partial charge >= 0.3 is 5.97 Å². The van der Waals surface area contributed by atoms with Crippen molar-refractivity contribution in [3.05, 3.63) is 35.9 Å². The predicted molar refractivity (Wildman–Crippen MR) is 127 cm³/mol. The summed E-state index contributed by atoms with van der Waals surface area (Å²) in [4.78, 5) is 36.4. The van der Waals surface area contributed by atoms with E-state index in [1.54, 1.807) is 13.8 Å². The van der Waals surface area contributed by atoms with Gasteiger partial charge in [-0.2, -0.15) is 0 Å². The van der Waals surface area contributed by atoms with Crippen molar-refractivity contribution in [1.29, 1.82) is 0 Å². The Bertz CT molecular complexity index is 928. The highest BCUT2D eigenvalue weighted by molar-refractivity contribution is 5.81. The molecule has 1 aromatic carbocycles. The fraction of sp³-hybridized carbons (Fsp3) is 0.667. The first kappa shape index (κ1) is 26.9. The van der Waals surface area contributed by atoms with Crippen LogP contribution in [0, 0.1) is 5.92 Å². The van der Waals surface area contributed by atoms with Gasteiger partial charge in [-0.1, -0.05) is 30.3 Å². The lowest BCUT2D eigenvalue weighted by molar-refractivity contribution is -0.244. The second kappa shape index (κ2) is 11.1. The second-order valence-electron chi connectivity index (χ2n) is 10.6. The molecule has 0 bridgehead atoms. The summed E-state index contributed by atoms with van der Waals surface area (Å²) < 4.78 is 35.2. The molecular weight excluding hydrogens is 468 g/mol. The standard InChI is InChI=1S/C27H36O9/c1-26(2)31-16-20(34-26)22-23-24(36-27(3,4)35-23)25(33-22)32-21(30)12-8-11-19(29)14-18(15-28)13-17-9-6-5-7-10-17/h5-7,9-10,15,18,20,22-25H,8,11-14,16H2,1-4H3/t18?,20-,22-,23+,24+,25+/m1/s1. The summed E-state index contributed by atoms with van der Waals surface area (Å²) in [5.74, 6) is -2.49. The number of ether oxygens (including phenoxy) is 6. The number of hydrogen-bond donors (Lipinski definition) is 0. The summed E-state index contributed by atoms with van der Waals surface area (Å²) in [6.45, 7) is 7.58. The molecule has 9 nitrogen and oxygen atoms in total. The number of Topliss-reactive ketones (excluding diaryl/α,β-unsaturated/α-hetero) is 1. The summed E-state index contributed by atoms with van der Waals surface area (Å²) in [6.07, 6.45) is -0.803. The lowest BCUT2D eigenvalue weighted by atomic mass is 9.94. The number of hydrogen-bond acceptors (Lipinski definition) is 9. The van der Waals surface area contributed by atoms with Crippen molar-refractivity contribution in [3.63, 3.8) is 0 Å². The van der Waals surface area contributed by atoms with Crippen LogP contribution in [-0.2, 0) is 49.2 Å². The fourth-order valence-corrected chi connectivity index (χ4v) is 4.96. The Morgan fingerprint density at radius 3 is 2.39 bits per heavy atom. The maximum Gasteiger partial charge on any atom is 0.308 e. The zero-order chi connectivity index (χ0) is 25.9. The van der Waals surface area contributed by atoms with Crippen LogP contribution in [0.15, 0.2) is 30.3 Å². The predicted octanol–water partition coefficient (Wildman–Crippen LogP) is 3.11. The molecule has 0 aliphatic carbocycles. The molecule has 36 heavy (non-hydrogen) atoms. The van der Waals surface area contributed by atoms with Gasteiger partial charge in [-0.25, -0.2) is 0 Å². The molecule has 4 rings (SSSR count). The Kier molecular flexibility index (Phi) is 8.26. The highest BCUT2D eigenvalue weighted by Crippen LogP contribution is 2.42. The van der Waals surface area contributed by atoms with Crippen molar-refractivity contribution in [3.8, 4) is 0 Å². The first-order valence-electron chi connectivity index (χ1n) is 12.6. The number of ketones is 1. The van der Waals surface area contributed by atoms with Gasteiger partial charge in [0.25, 0.3) is 0 Å². The average Bonchev–Trinajstić information content (AvgIpc) is 3.44. The fourth-order valence-electron chi connectivity index (χ4n) is 4.96. The van der Waals surface area contributed by atoms with Crippen molar-refractivity contribution in [2.45, 2.75) is 102 Å². The van der Waals surface area contributed by atoms with Crippen LogP contribution in [0.25, 0.3) is 0 Å². The minimum Gasteiger partial charge on any atom is -0.433 e. The molecule has 3 fully saturated rings. The summed E-state index contributed by atoms with van der Waals surface area (Å²) in [7, 11) is 0. The first-order valence-corrected chi connectivity index (χ1v) is 12.6. The molecule has 1 aromatic rings. The molecule has 0 amide bonds. The maximum atomic E-state index is 12.6. The van der Waals surface area contributed by atoms with Crippen molar-refractivity contribution >= 4 is 18.0 Å². The smallest absolute Gasteiger partial charge is 0.308 e. The number of carbonyl (C=O) groups is 3. The van der Waals surface area contributed by atoms with Crippen molar-refractivity contribution < 1.29 is 42.8 Å². The molecule has 0 saturated carbocycles. The molecule has 198 valence electrons. The van der Waals surface area contributed by atoms with E-state index in [0.29, 0.717) is 19.4 Å². The third kappa shape index (κ3) is 6.77. The summed E-state index contributed by atoms with van der Waals surface area (Å²) in [5.41, 5.74) is 1.01. The van der Waals surface area contributed by atoms with Crippen LogP contribution in [0.1, 0.15) is 58.9 Å². The zero-order valence-corrected chi connectivity index (χ0v) is 21.3. The molecule has 6 atom stereocenters. The molecule has 9 heteroatoms. The van der Waals surface area contributed by atoms with E-state index in [1.165, 1.54) is 0 Å². The van der Waals surface area contributed by atoms with Crippen LogP contribution in [0.3, 0.4) is 0 Å². The Morgan fingerprint density at radius 1 is 1.00 bits per heavy atom. The van der Waals surface area contributed by atoms with Gasteiger partial charge in [0, 0.05) is 25.2 Å². The molecule has 3 saturated heterocycles. The van der Waals surface area contributed by atoms with E-state index in [0.717, 1.165) is 11.8 Å². The lowest BCUT2D eigenvalue weighted by Crippen LogP contribution is -2.40. The Balaban J connectivity index is 1.24. The normalized spacial score (nSPS) is 31.1. The van der Waals surface area contributed by atoms with E-state index in [1.807, 2.05) is 44.2 Å². The van der Waals surface area contributed by atoms with Crippen LogP contribution in [0.2, 0.25) is 0 Å². The first-order chi connectivity index (χ1) is 17.0. The number of esters is 1. The van der Waals surface area contributed by atoms with Crippen molar-refractivity contribution in [2.75, 3.05) is 6.61 Å². The van der Waals surface area contributed by atoms with E-state index >= 15 is 0 Å². The monoisotopic (exact) mass is 504 g/mol. The molecule has 3 heterocycles. The van der Waals surface area contributed by atoms with Gasteiger partial charge in [0.05, 0.1) is 6.61 Å². The number of rotatable bonds is 11. The van der Waals surface area contributed by atoms with Crippen LogP contribution >= 0.6 is 0 Å². The second-order valence-corrected chi connectivity index (χ2v) is 10.6. The van der Waals surface area contributed by atoms with Gasteiger partial charge in [-0.3, -0.25) is 9.59 Å². The van der Waals surface area contributed by atoms with E-state index in [-0.39, 0.29) is 37.1 Å². The number of benzene rings is 1. The van der Waals surface area contributed by atoms with Crippen LogP contribution in [0.4, 0.5) is 0 Å². The van der Waals surface area contributed by atoms with Crippen molar-refractivity contribution in [2.24, 2.45) is 5.92 Å². The highest BCUT2D eigenvalue weighted by Gasteiger charge is 2.60. The molecule has 3 aliphatic rings. The minimum absolute atomic E-state index is 0.0525. The third-order valence-electron chi connectivity index (χ3n) is 6.55. The van der Waals surface area contributed by atoms with Gasteiger partial charge in [0.1, 0.15) is 30.4 Å². The minimum atomic E-state index is -0.942. The van der Waals surface area contributed by atoms with E-state index < -0.39 is 42.1 Å². The summed E-state index contributed by atoms with van der Waals surface area (Å²) in [6, 6.07) is 9.59. The van der Waals surface area contributed by atoms with E-state index in [4.69, 9.17) is 28.4 Å². The van der Waals surface area contributed by atoms with Gasteiger partial charge in [-0.15, -0.1) is 0 Å². The highest BCUT2D eigenvalue weighted by atomic mass is 16.8. The topological polar surface area (TPSA) is 107 Å². The number of fused-ring (bicyclic) bond motifs is 1. The molecule has 0 spiro atoms. The van der Waals surface area contributed by atoms with Gasteiger partial charge < -0.3 is 33.2 Å². The molecule has 0 aromatic heterocycles. The van der Waals surface area contributed by atoms with Crippen LogP contribution < -0.4 is 0 Å². The SMILES string of the molecule is CC1(C)O[C@@H]2[C@H](O1)[C@@H](OC(=O)CCCC(=O)CC(C=O)Cc1ccccc1)O[C@@H]2[C@H]1COC(C)(C)O1. The zero-order valence-electron chi connectivity index (χ0n) is 21.3. The molecule has 3 aliphatic heterocycles. The van der Waals surface area contributed by atoms with E-state index in [2.05, 4.69) is 0 Å². The lowest BCUT2D eigenvalue weighted by Gasteiger charge is -2.26. The quantitative estimate of drug-likeness (QED) is 0.332. The average molecular weight is 505 g/mol. The maximum absolute atomic E-state index is 12.6. The van der Waals surface area contributed by atoms with Gasteiger partial charge in [0.2, 0.25) is 6.29 Å². The van der Waals surface area contributed by atoms with Gasteiger partial charge in [-0.05, 0) is 46.1 Å². The molecule has 0 N–H and O–H groups in total. The van der Waals surface area contributed by atoms with Crippen molar-refractivity contribution in [1.82, 2.24) is 0 Å². The molecule has 1 unspecified atom stereocenters. The number of carbonyl (C=O) groups excluding carboxylic acids is 3. The Labute approximate surface area is 211 Å². The Hall–Kier alpha value is -2.17.